The van der Waals surface area contributed by atoms with Gasteiger partial charge in [0.1, 0.15) is 0 Å². The Morgan fingerprint density at radius 3 is 2.55 bits per heavy atom. The van der Waals surface area contributed by atoms with Gasteiger partial charge in [-0.1, -0.05) is 12.1 Å². The minimum atomic E-state index is -0.322. The molecule has 1 amide bonds. The number of pyridine rings is 1. The third-order valence-corrected chi connectivity index (χ3v) is 2.98. The first-order valence-electron chi connectivity index (χ1n) is 6.28. The number of aryl methyl sites for hydroxylation is 1. The van der Waals surface area contributed by atoms with Gasteiger partial charge in [-0.25, -0.2) is 0 Å². The first-order chi connectivity index (χ1) is 9.60. The first kappa shape index (κ1) is 14.0. The summed E-state index contributed by atoms with van der Waals surface area (Å²) in [6.07, 6.45) is 2.14. The van der Waals surface area contributed by atoms with Crippen LogP contribution in [0, 0.1) is 0 Å². The van der Waals surface area contributed by atoms with Gasteiger partial charge in [0.15, 0.2) is 0 Å². The van der Waals surface area contributed by atoms with E-state index >= 15 is 0 Å². The fraction of sp³-hybridized carbons (Fsp3) is 0.200. The molecule has 20 heavy (non-hydrogen) atoms. The normalized spacial score (nSPS) is 10.3. The fourth-order valence-electron chi connectivity index (χ4n) is 1.78. The third-order valence-electron chi connectivity index (χ3n) is 2.98. The number of rotatable bonds is 4. The zero-order valence-electron chi connectivity index (χ0n) is 11.2. The Morgan fingerprint density at radius 1 is 1.25 bits per heavy atom. The number of anilines is 1. The molecule has 0 aliphatic rings. The molecule has 1 aromatic heterocycles. The van der Waals surface area contributed by atoms with Crippen molar-refractivity contribution < 1.29 is 9.90 Å². The molecule has 0 radical (unpaired) electrons. The number of carbonyl (C=O) groups excluding carboxylic acids is 1. The van der Waals surface area contributed by atoms with Gasteiger partial charge < -0.3 is 15.0 Å². The lowest BCUT2D eigenvalue weighted by Crippen LogP contribution is -2.19. The number of benzene rings is 1. The minimum Gasteiger partial charge on any atom is -0.396 e. The van der Waals surface area contributed by atoms with Crippen molar-refractivity contribution in [2.75, 3.05) is 11.9 Å². The predicted octanol–water partition coefficient (Wildman–Crippen LogP) is 1.17. The molecule has 104 valence electrons. The Balaban J connectivity index is 2.10. The molecule has 0 bridgehead atoms. The van der Waals surface area contributed by atoms with Crippen LogP contribution in [0.2, 0.25) is 0 Å². The Morgan fingerprint density at radius 2 is 1.95 bits per heavy atom. The van der Waals surface area contributed by atoms with Crippen LogP contribution in [-0.2, 0) is 13.5 Å². The van der Waals surface area contributed by atoms with Crippen molar-refractivity contribution in [2.45, 2.75) is 6.42 Å². The summed E-state index contributed by atoms with van der Waals surface area (Å²) >= 11 is 0. The predicted molar refractivity (Wildman–Crippen MR) is 76.9 cm³/mol. The van der Waals surface area contributed by atoms with Gasteiger partial charge in [-0.05, 0) is 30.2 Å². The quantitative estimate of drug-likeness (QED) is 0.877. The molecule has 0 atom stereocenters. The van der Waals surface area contributed by atoms with E-state index in [9.17, 15) is 9.59 Å². The van der Waals surface area contributed by atoms with Crippen molar-refractivity contribution >= 4 is 11.6 Å². The van der Waals surface area contributed by atoms with Crippen LogP contribution < -0.4 is 10.9 Å². The standard InChI is InChI=1S/C15H16N2O3/c1-17-8-6-12(10-14(17)19)15(20)16-13-4-2-11(3-5-13)7-9-18/h2-6,8,10,18H,7,9H2,1H3,(H,16,20). The molecule has 2 N–H and O–H groups in total. The molecule has 0 saturated carbocycles. The van der Waals surface area contributed by atoms with Crippen molar-refractivity contribution in [3.05, 3.63) is 64.1 Å². The minimum absolute atomic E-state index is 0.0962. The number of amides is 1. The van der Waals surface area contributed by atoms with Crippen LogP contribution in [0.15, 0.2) is 47.4 Å². The van der Waals surface area contributed by atoms with Crippen molar-refractivity contribution in [2.24, 2.45) is 7.05 Å². The summed E-state index contributed by atoms with van der Waals surface area (Å²) in [6.45, 7) is 0.0962. The van der Waals surface area contributed by atoms with E-state index in [4.69, 9.17) is 5.11 Å². The molecule has 0 spiro atoms. The van der Waals surface area contributed by atoms with Gasteiger partial charge in [-0.3, -0.25) is 9.59 Å². The summed E-state index contributed by atoms with van der Waals surface area (Å²) in [5.74, 6) is -0.322. The molecule has 0 aliphatic carbocycles. The van der Waals surface area contributed by atoms with Gasteiger partial charge >= 0.3 is 0 Å². The molecule has 5 heteroatoms. The van der Waals surface area contributed by atoms with E-state index in [1.807, 2.05) is 12.1 Å². The lowest BCUT2D eigenvalue weighted by Gasteiger charge is -2.06. The van der Waals surface area contributed by atoms with Crippen LogP contribution in [0.4, 0.5) is 5.69 Å². The fourth-order valence-corrected chi connectivity index (χ4v) is 1.78. The molecule has 0 saturated heterocycles. The van der Waals surface area contributed by atoms with E-state index in [-0.39, 0.29) is 18.1 Å². The van der Waals surface area contributed by atoms with Crippen LogP contribution in [-0.4, -0.2) is 22.2 Å². The molecular formula is C15H16N2O3. The lowest BCUT2D eigenvalue weighted by molar-refractivity contribution is 0.102. The van der Waals surface area contributed by atoms with Crippen LogP contribution >= 0.6 is 0 Å². The van der Waals surface area contributed by atoms with Crippen molar-refractivity contribution in [1.29, 1.82) is 0 Å². The number of aliphatic hydroxyl groups excluding tert-OH is 1. The Bertz CT molecular complexity index is 660. The van der Waals surface area contributed by atoms with Gasteiger partial charge in [0.2, 0.25) is 0 Å². The van der Waals surface area contributed by atoms with E-state index in [2.05, 4.69) is 5.32 Å². The first-order valence-corrected chi connectivity index (χ1v) is 6.28. The molecule has 2 aromatic rings. The van der Waals surface area contributed by atoms with Gasteiger partial charge in [-0.15, -0.1) is 0 Å². The van der Waals surface area contributed by atoms with E-state index in [0.29, 0.717) is 17.7 Å². The van der Waals surface area contributed by atoms with E-state index in [0.717, 1.165) is 5.56 Å². The SMILES string of the molecule is Cn1ccc(C(=O)Nc2ccc(CCO)cc2)cc1=O. The molecule has 1 heterocycles. The molecule has 5 nitrogen and oxygen atoms in total. The van der Waals surface area contributed by atoms with Crippen molar-refractivity contribution in [3.8, 4) is 0 Å². The van der Waals surface area contributed by atoms with E-state index < -0.39 is 0 Å². The average molecular weight is 272 g/mol. The summed E-state index contributed by atoms with van der Waals surface area (Å²) in [7, 11) is 1.63. The summed E-state index contributed by atoms with van der Waals surface area (Å²) in [5.41, 5.74) is 1.75. The van der Waals surface area contributed by atoms with Crippen molar-refractivity contribution in [1.82, 2.24) is 4.57 Å². The van der Waals surface area contributed by atoms with Crippen molar-refractivity contribution in [3.63, 3.8) is 0 Å². The number of nitrogens with zero attached hydrogens (tertiary/aromatic N) is 1. The Hall–Kier alpha value is -2.40. The monoisotopic (exact) mass is 272 g/mol. The highest BCUT2D eigenvalue weighted by Gasteiger charge is 2.07. The zero-order chi connectivity index (χ0) is 14.5. The van der Waals surface area contributed by atoms with Crippen LogP contribution in [0.1, 0.15) is 15.9 Å². The maximum atomic E-state index is 12.0. The summed E-state index contributed by atoms with van der Waals surface area (Å²) in [6, 6.07) is 10.1. The summed E-state index contributed by atoms with van der Waals surface area (Å²) in [4.78, 5) is 23.5. The van der Waals surface area contributed by atoms with Crippen LogP contribution in [0.3, 0.4) is 0 Å². The van der Waals surface area contributed by atoms with Crippen LogP contribution in [0.25, 0.3) is 0 Å². The second-order valence-electron chi connectivity index (χ2n) is 4.49. The Kier molecular flexibility index (Phi) is 4.32. The molecular weight excluding hydrogens is 256 g/mol. The van der Waals surface area contributed by atoms with E-state index in [1.54, 1.807) is 31.4 Å². The Labute approximate surface area is 116 Å². The maximum Gasteiger partial charge on any atom is 0.255 e. The zero-order valence-corrected chi connectivity index (χ0v) is 11.2. The van der Waals surface area contributed by atoms with Gasteiger partial charge in [0, 0.05) is 37.2 Å². The number of aliphatic hydroxyl groups is 1. The highest BCUT2D eigenvalue weighted by atomic mass is 16.3. The molecule has 0 fully saturated rings. The topological polar surface area (TPSA) is 71.3 Å². The largest absolute Gasteiger partial charge is 0.396 e. The van der Waals surface area contributed by atoms with Gasteiger partial charge in [0.25, 0.3) is 11.5 Å². The highest BCUT2D eigenvalue weighted by molar-refractivity contribution is 6.04. The number of hydrogen-bond donors (Lipinski definition) is 2. The number of aromatic nitrogens is 1. The summed E-state index contributed by atoms with van der Waals surface area (Å²) < 4.78 is 1.40. The lowest BCUT2D eigenvalue weighted by atomic mass is 10.1. The smallest absolute Gasteiger partial charge is 0.255 e. The van der Waals surface area contributed by atoms with E-state index in [1.165, 1.54) is 10.6 Å². The number of nitrogens with one attached hydrogen (secondary N) is 1. The molecule has 0 unspecified atom stereocenters. The highest BCUT2D eigenvalue weighted by Crippen LogP contribution is 2.11. The second kappa shape index (κ2) is 6.16. The molecule has 2 rings (SSSR count). The second-order valence-corrected chi connectivity index (χ2v) is 4.49. The number of hydrogen-bond acceptors (Lipinski definition) is 3. The van der Waals surface area contributed by atoms with Crippen LogP contribution in [0.5, 0.6) is 0 Å². The summed E-state index contributed by atoms with van der Waals surface area (Å²) in [5, 5.41) is 11.6. The maximum absolute atomic E-state index is 12.0. The number of carbonyl (C=O) groups is 1. The average Bonchev–Trinajstić information content (AvgIpc) is 2.44. The third kappa shape index (κ3) is 3.33. The van der Waals surface area contributed by atoms with Gasteiger partial charge in [-0.2, -0.15) is 0 Å². The molecule has 0 aliphatic heterocycles. The van der Waals surface area contributed by atoms with Gasteiger partial charge in [0.05, 0.1) is 0 Å². The molecule has 1 aromatic carbocycles.